The molecule has 2 aliphatic rings. The largest absolute Gasteiger partial charge is 0.381 e. The van der Waals surface area contributed by atoms with E-state index in [2.05, 4.69) is 26.0 Å². The number of aryl methyl sites for hydroxylation is 1. The van der Waals surface area contributed by atoms with Gasteiger partial charge < -0.3 is 4.74 Å². The summed E-state index contributed by atoms with van der Waals surface area (Å²) in [5, 5.41) is 0. The molecule has 2 saturated heterocycles. The van der Waals surface area contributed by atoms with Gasteiger partial charge in [0, 0.05) is 19.2 Å². The standard InChI is InChI=1S/C18H27NO3S/c1-14-6-5-7-17(15(14)2)18-8-3-4-10-19(18)23(20,21)13-16-9-11-22-12-16/h5-7,16,18H,3-4,8-13H2,1-2H3/t16-,18+/m1/s1. The molecule has 2 aliphatic heterocycles. The Balaban J connectivity index is 1.87. The lowest BCUT2D eigenvalue weighted by Gasteiger charge is -2.36. The average Bonchev–Trinajstić information content (AvgIpc) is 3.02. The maximum atomic E-state index is 13.0. The lowest BCUT2D eigenvalue weighted by atomic mass is 9.92. The normalized spacial score (nSPS) is 26.5. The van der Waals surface area contributed by atoms with Crippen LogP contribution in [0.25, 0.3) is 0 Å². The van der Waals surface area contributed by atoms with E-state index in [0.29, 0.717) is 19.8 Å². The molecule has 23 heavy (non-hydrogen) atoms. The highest BCUT2D eigenvalue weighted by Crippen LogP contribution is 2.36. The minimum Gasteiger partial charge on any atom is -0.381 e. The molecule has 0 spiro atoms. The SMILES string of the molecule is Cc1cccc([C@@H]2CCCCN2S(=O)(=O)C[C@@H]2CCOC2)c1C. The Bertz CT molecular complexity index is 650. The van der Waals surface area contributed by atoms with Crippen LogP contribution in [0.15, 0.2) is 18.2 Å². The molecule has 0 aromatic heterocycles. The summed E-state index contributed by atoms with van der Waals surface area (Å²) >= 11 is 0. The van der Waals surface area contributed by atoms with Crippen molar-refractivity contribution in [2.24, 2.45) is 5.92 Å². The van der Waals surface area contributed by atoms with E-state index in [4.69, 9.17) is 4.74 Å². The third-order valence-corrected chi connectivity index (χ3v) is 7.33. The molecule has 128 valence electrons. The van der Waals surface area contributed by atoms with Gasteiger partial charge in [-0.2, -0.15) is 4.31 Å². The van der Waals surface area contributed by atoms with Gasteiger partial charge in [-0.25, -0.2) is 8.42 Å². The van der Waals surface area contributed by atoms with E-state index >= 15 is 0 Å². The fraction of sp³-hybridized carbons (Fsp3) is 0.667. The molecule has 2 atom stereocenters. The molecule has 0 aliphatic carbocycles. The first kappa shape index (κ1) is 16.9. The molecule has 3 rings (SSSR count). The molecule has 0 N–H and O–H groups in total. The zero-order chi connectivity index (χ0) is 16.4. The molecule has 0 unspecified atom stereocenters. The van der Waals surface area contributed by atoms with Gasteiger partial charge in [0.15, 0.2) is 0 Å². The number of rotatable bonds is 4. The third kappa shape index (κ3) is 3.62. The summed E-state index contributed by atoms with van der Waals surface area (Å²) in [6.07, 6.45) is 3.84. The highest BCUT2D eigenvalue weighted by atomic mass is 32.2. The minimum atomic E-state index is -3.24. The molecule has 0 amide bonds. The Morgan fingerprint density at radius 3 is 2.78 bits per heavy atom. The maximum Gasteiger partial charge on any atom is 0.215 e. The first-order valence-corrected chi connectivity index (χ1v) is 10.2. The summed E-state index contributed by atoms with van der Waals surface area (Å²) in [6.45, 7) is 6.13. The summed E-state index contributed by atoms with van der Waals surface area (Å²) in [6, 6.07) is 6.23. The summed E-state index contributed by atoms with van der Waals surface area (Å²) in [5.41, 5.74) is 3.63. The lowest BCUT2D eigenvalue weighted by Crippen LogP contribution is -2.41. The van der Waals surface area contributed by atoms with Crippen molar-refractivity contribution in [2.75, 3.05) is 25.5 Å². The van der Waals surface area contributed by atoms with Gasteiger partial charge in [-0.1, -0.05) is 24.6 Å². The monoisotopic (exact) mass is 337 g/mol. The number of benzene rings is 1. The lowest BCUT2D eigenvalue weighted by molar-refractivity contribution is 0.188. The highest BCUT2D eigenvalue weighted by Gasteiger charge is 2.36. The molecule has 0 saturated carbocycles. The number of piperidine rings is 1. The van der Waals surface area contributed by atoms with Crippen LogP contribution >= 0.6 is 0 Å². The van der Waals surface area contributed by atoms with Gasteiger partial charge in [0.25, 0.3) is 0 Å². The van der Waals surface area contributed by atoms with Gasteiger partial charge in [-0.15, -0.1) is 0 Å². The van der Waals surface area contributed by atoms with Crippen LogP contribution in [0, 0.1) is 19.8 Å². The summed E-state index contributed by atoms with van der Waals surface area (Å²) in [5.74, 6) is 0.384. The Labute approximate surface area is 139 Å². The Morgan fingerprint density at radius 2 is 2.04 bits per heavy atom. The number of nitrogens with zero attached hydrogens (tertiary/aromatic N) is 1. The number of hydrogen-bond acceptors (Lipinski definition) is 3. The number of hydrogen-bond donors (Lipinski definition) is 0. The van der Waals surface area contributed by atoms with Crippen molar-refractivity contribution in [3.63, 3.8) is 0 Å². The van der Waals surface area contributed by atoms with Crippen LogP contribution in [0.5, 0.6) is 0 Å². The second-order valence-electron chi connectivity index (χ2n) is 6.92. The smallest absolute Gasteiger partial charge is 0.215 e. The summed E-state index contributed by atoms with van der Waals surface area (Å²) in [4.78, 5) is 0. The molecule has 1 aromatic rings. The van der Waals surface area contributed by atoms with Crippen molar-refractivity contribution in [1.29, 1.82) is 0 Å². The van der Waals surface area contributed by atoms with Crippen molar-refractivity contribution in [2.45, 2.75) is 45.6 Å². The molecular weight excluding hydrogens is 310 g/mol. The highest BCUT2D eigenvalue weighted by molar-refractivity contribution is 7.89. The molecule has 2 fully saturated rings. The molecule has 0 radical (unpaired) electrons. The van der Waals surface area contributed by atoms with Gasteiger partial charge in [0.1, 0.15) is 0 Å². The number of sulfonamides is 1. The summed E-state index contributed by atoms with van der Waals surface area (Å²) in [7, 11) is -3.24. The van der Waals surface area contributed by atoms with Crippen molar-refractivity contribution >= 4 is 10.0 Å². The topological polar surface area (TPSA) is 46.6 Å². The van der Waals surface area contributed by atoms with Crippen molar-refractivity contribution in [1.82, 2.24) is 4.31 Å². The van der Waals surface area contributed by atoms with Crippen molar-refractivity contribution < 1.29 is 13.2 Å². The van der Waals surface area contributed by atoms with Crippen LogP contribution in [0.3, 0.4) is 0 Å². The van der Waals surface area contributed by atoms with E-state index in [1.807, 2.05) is 6.07 Å². The predicted molar refractivity (Wildman–Crippen MR) is 91.9 cm³/mol. The maximum absolute atomic E-state index is 13.0. The van der Waals surface area contributed by atoms with Crippen molar-refractivity contribution in [3.8, 4) is 0 Å². The van der Waals surface area contributed by atoms with Crippen LogP contribution in [0.4, 0.5) is 0 Å². The summed E-state index contributed by atoms with van der Waals surface area (Å²) < 4.78 is 33.1. The zero-order valence-corrected chi connectivity index (χ0v) is 14.9. The third-order valence-electron chi connectivity index (χ3n) is 5.29. The van der Waals surface area contributed by atoms with E-state index in [0.717, 1.165) is 25.7 Å². The van der Waals surface area contributed by atoms with E-state index in [1.54, 1.807) is 4.31 Å². The van der Waals surface area contributed by atoms with E-state index in [-0.39, 0.29) is 17.7 Å². The Hall–Kier alpha value is -0.910. The van der Waals surface area contributed by atoms with Crippen LogP contribution in [-0.2, 0) is 14.8 Å². The molecular formula is C18H27NO3S. The first-order valence-electron chi connectivity index (χ1n) is 8.62. The van der Waals surface area contributed by atoms with E-state index < -0.39 is 10.0 Å². The second-order valence-corrected chi connectivity index (χ2v) is 8.89. The van der Waals surface area contributed by atoms with Crippen molar-refractivity contribution in [3.05, 3.63) is 34.9 Å². The van der Waals surface area contributed by atoms with Gasteiger partial charge in [-0.05, 0) is 55.7 Å². The first-order chi connectivity index (χ1) is 11.0. The van der Waals surface area contributed by atoms with E-state index in [1.165, 1.54) is 16.7 Å². The number of ether oxygens (including phenoxy) is 1. The van der Waals surface area contributed by atoms with Gasteiger partial charge in [0.2, 0.25) is 10.0 Å². The quantitative estimate of drug-likeness (QED) is 0.847. The Kier molecular flexibility index (Phi) is 5.09. The second kappa shape index (κ2) is 6.91. The van der Waals surface area contributed by atoms with Crippen LogP contribution in [0.1, 0.15) is 48.4 Å². The Morgan fingerprint density at radius 1 is 1.22 bits per heavy atom. The molecule has 4 nitrogen and oxygen atoms in total. The van der Waals surface area contributed by atoms with Crippen LogP contribution in [-0.4, -0.2) is 38.2 Å². The fourth-order valence-electron chi connectivity index (χ4n) is 3.79. The fourth-order valence-corrected chi connectivity index (χ4v) is 5.86. The molecule has 2 heterocycles. The van der Waals surface area contributed by atoms with Crippen LogP contribution in [0.2, 0.25) is 0 Å². The molecule has 0 bridgehead atoms. The predicted octanol–water partition coefficient (Wildman–Crippen LogP) is 3.20. The average molecular weight is 337 g/mol. The molecule has 1 aromatic carbocycles. The van der Waals surface area contributed by atoms with E-state index in [9.17, 15) is 8.42 Å². The zero-order valence-electron chi connectivity index (χ0n) is 14.1. The van der Waals surface area contributed by atoms with Gasteiger partial charge >= 0.3 is 0 Å². The van der Waals surface area contributed by atoms with Gasteiger partial charge in [0.05, 0.1) is 12.4 Å². The van der Waals surface area contributed by atoms with Crippen LogP contribution < -0.4 is 0 Å². The minimum absolute atomic E-state index is 0.00373. The van der Waals surface area contributed by atoms with Gasteiger partial charge in [-0.3, -0.25) is 0 Å². The molecule has 5 heteroatoms.